The Hall–Kier alpha value is -1.77. The standard InChI is InChI=1S/C10H9N2O/c1-8-7-10(13)12(11-8)9-5-3-2-4-6-9/h2-6,13H,1H3. The van der Waals surface area contributed by atoms with E-state index in [4.69, 9.17) is 0 Å². The van der Waals surface area contributed by atoms with E-state index in [2.05, 4.69) is 11.2 Å². The van der Waals surface area contributed by atoms with Crippen molar-refractivity contribution in [3.05, 3.63) is 42.1 Å². The molecule has 0 aliphatic heterocycles. The molecule has 1 radical (unpaired) electrons. The summed E-state index contributed by atoms with van der Waals surface area (Å²) >= 11 is 0. The highest BCUT2D eigenvalue weighted by Gasteiger charge is 2.04. The minimum atomic E-state index is 0.0451. The van der Waals surface area contributed by atoms with E-state index in [0.29, 0.717) is 5.69 Å². The lowest BCUT2D eigenvalue weighted by molar-refractivity contribution is 0.432. The van der Waals surface area contributed by atoms with Crippen molar-refractivity contribution in [2.75, 3.05) is 0 Å². The summed E-state index contributed by atoms with van der Waals surface area (Å²) in [5.41, 5.74) is 1.52. The number of aromatic hydroxyl groups is 1. The number of hydrogen-bond donors (Lipinski definition) is 1. The number of aromatic nitrogens is 2. The van der Waals surface area contributed by atoms with Crippen molar-refractivity contribution < 1.29 is 5.11 Å². The monoisotopic (exact) mass is 173 g/mol. The van der Waals surface area contributed by atoms with E-state index in [1.807, 2.05) is 30.3 Å². The third-order valence-electron chi connectivity index (χ3n) is 1.74. The summed E-state index contributed by atoms with van der Waals surface area (Å²) in [6, 6.07) is 12.2. The second kappa shape index (κ2) is 2.94. The van der Waals surface area contributed by atoms with Gasteiger partial charge in [-0.05, 0) is 19.1 Å². The van der Waals surface area contributed by atoms with Gasteiger partial charge in [-0.15, -0.1) is 0 Å². The molecule has 0 spiro atoms. The van der Waals surface area contributed by atoms with Gasteiger partial charge < -0.3 is 5.11 Å². The van der Waals surface area contributed by atoms with Gasteiger partial charge in [0.25, 0.3) is 0 Å². The molecular weight excluding hydrogens is 164 g/mol. The Balaban J connectivity index is 2.53. The van der Waals surface area contributed by atoms with E-state index in [1.165, 1.54) is 4.68 Å². The summed E-state index contributed by atoms with van der Waals surface area (Å²) in [5, 5.41) is 13.5. The lowest BCUT2D eigenvalue weighted by Crippen LogP contribution is -1.94. The molecule has 65 valence electrons. The zero-order valence-corrected chi connectivity index (χ0v) is 7.23. The predicted octanol–water partition coefficient (Wildman–Crippen LogP) is 1.69. The topological polar surface area (TPSA) is 38.0 Å². The van der Waals surface area contributed by atoms with Crippen LogP contribution in [0.1, 0.15) is 5.69 Å². The van der Waals surface area contributed by atoms with Gasteiger partial charge in [-0.3, -0.25) is 0 Å². The number of para-hydroxylation sites is 1. The lowest BCUT2D eigenvalue weighted by Gasteiger charge is -2.00. The van der Waals surface area contributed by atoms with Crippen molar-refractivity contribution in [3.63, 3.8) is 0 Å². The van der Waals surface area contributed by atoms with Crippen LogP contribution in [-0.2, 0) is 0 Å². The molecule has 0 amide bonds. The molecule has 0 saturated carbocycles. The Bertz CT molecular complexity index is 406. The average molecular weight is 173 g/mol. The molecule has 0 atom stereocenters. The smallest absolute Gasteiger partial charge is 0.222 e. The summed E-state index contributed by atoms with van der Waals surface area (Å²) in [6.45, 7) is 1.79. The zero-order valence-electron chi connectivity index (χ0n) is 7.23. The van der Waals surface area contributed by atoms with Crippen LogP contribution in [0.2, 0.25) is 0 Å². The summed E-state index contributed by atoms with van der Waals surface area (Å²) in [4.78, 5) is 0. The van der Waals surface area contributed by atoms with Crippen molar-refractivity contribution in [3.8, 4) is 11.6 Å². The van der Waals surface area contributed by atoms with Crippen LogP contribution in [0.5, 0.6) is 5.88 Å². The quantitative estimate of drug-likeness (QED) is 0.712. The van der Waals surface area contributed by atoms with E-state index in [9.17, 15) is 5.11 Å². The molecule has 0 saturated heterocycles. The van der Waals surface area contributed by atoms with Gasteiger partial charge in [-0.25, -0.2) is 4.68 Å². The first-order valence-electron chi connectivity index (χ1n) is 4.01. The van der Waals surface area contributed by atoms with Crippen molar-refractivity contribution in [1.29, 1.82) is 0 Å². The minimum Gasteiger partial charge on any atom is -0.493 e. The highest BCUT2D eigenvalue weighted by molar-refractivity contribution is 5.34. The maximum atomic E-state index is 9.43. The molecule has 0 aliphatic rings. The highest BCUT2D eigenvalue weighted by Crippen LogP contribution is 2.15. The maximum Gasteiger partial charge on any atom is 0.222 e. The van der Waals surface area contributed by atoms with Crippen LogP contribution in [0.4, 0.5) is 0 Å². The van der Waals surface area contributed by atoms with Crippen LogP contribution >= 0.6 is 0 Å². The second-order valence-corrected chi connectivity index (χ2v) is 2.78. The van der Waals surface area contributed by atoms with Crippen LogP contribution in [0.3, 0.4) is 0 Å². The molecule has 3 heteroatoms. The number of nitrogens with zero attached hydrogens (tertiary/aromatic N) is 2. The maximum absolute atomic E-state index is 9.43. The van der Waals surface area contributed by atoms with E-state index >= 15 is 0 Å². The molecule has 1 heterocycles. The third kappa shape index (κ3) is 1.40. The van der Waals surface area contributed by atoms with Crippen LogP contribution in [0.25, 0.3) is 5.69 Å². The van der Waals surface area contributed by atoms with E-state index < -0.39 is 0 Å². The van der Waals surface area contributed by atoms with Gasteiger partial charge in [0.05, 0.1) is 17.4 Å². The van der Waals surface area contributed by atoms with Gasteiger partial charge in [0.1, 0.15) is 0 Å². The summed E-state index contributed by atoms with van der Waals surface area (Å²) in [6.07, 6.45) is 0. The molecule has 0 aliphatic carbocycles. The van der Waals surface area contributed by atoms with Crippen molar-refractivity contribution in [1.82, 2.24) is 9.78 Å². The van der Waals surface area contributed by atoms with E-state index in [0.717, 1.165) is 5.69 Å². The fourth-order valence-electron chi connectivity index (χ4n) is 1.19. The van der Waals surface area contributed by atoms with Crippen LogP contribution in [0, 0.1) is 13.0 Å². The minimum absolute atomic E-state index is 0.0451. The molecule has 13 heavy (non-hydrogen) atoms. The molecule has 1 aromatic carbocycles. The Kier molecular flexibility index (Phi) is 1.77. The molecule has 0 bridgehead atoms. The highest BCUT2D eigenvalue weighted by atomic mass is 16.3. The summed E-state index contributed by atoms with van der Waals surface area (Å²) in [5.74, 6) is 0.0451. The molecule has 1 aromatic heterocycles. The lowest BCUT2D eigenvalue weighted by atomic mass is 10.3. The van der Waals surface area contributed by atoms with Crippen LogP contribution in [0.15, 0.2) is 30.3 Å². The SMILES string of the molecule is Cc1[c]c(O)n(-c2ccccc2)n1. The Morgan fingerprint density at radius 2 is 2.00 bits per heavy atom. The first-order valence-corrected chi connectivity index (χ1v) is 4.01. The van der Waals surface area contributed by atoms with Gasteiger partial charge in [-0.2, -0.15) is 5.10 Å². The van der Waals surface area contributed by atoms with Crippen molar-refractivity contribution in [2.45, 2.75) is 6.92 Å². The largest absolute Gasteiger partial charge is 0.493 e. The van der Waals surface area contributed by atoms with Crippen molar-refractivity contribution >= 4 is 0 Å². The molecule has 3 nitrogen and oxygen atoms in total. The second-order valence-electron chi connectivity index (χ2n) is 2.78. The Morgan fingerprint density at radius 1 is 1.31 bits per heavy atom. The normalized spacial score (nSPS) is 10.2. The van der Waals surface area contributed by atoms with Crippen LogP contribution < -0.4 is 0 Å². The van der Waals surface area contributed by atoms with Gasteiger partial charge in [0, 0.05) is 0 Å². The van der Waals surface area contributed by atoms with Gasteiger partial charge >= 0.3 is 0 Å². The van der Waals surface area contributed by atoms with E-state index in [-0.39, 0.29) is 5.88 Å². The van der Waals surface area contributed by atoms with Gasteiger partial charge in [0.2, 0.25) is 5.88 Å². The van der Waals surface area contributed by atoms with Gasteiger partial charge in [0.15, 0.2) is 0 Å². The summed E-state index contributed by atoms with van der Waals surface area (Å²) in [7, 11) is 0. The third-order valence-corrected chi connectivity index (χ3v) is 1.74. The Labute approximate surface area is 76.3 Å². The molecule has 2 rings (SSSR count). The Morgan fingerprint density at radius 3 is 2.54 bits per heavy atom. The molecule has 0 fully saturated rings. The number of rotatable bonds is 1. The fraction of sp³-hybridized carbons (Fsp3) is 0.100. The number of hydrogen-bond acceptors (Lipinski definition) is 2. The van der Waals surface area contributed by atoms with Gasteiger partial charge in [-0.1, -0.05) is 18.2 Å². The number of benzene rings is 1. The number of aryl methyl sites for hydroxylation is 1. The molecule has 0 unspecified atom stereocenters. The molecule has 1 N–H and O–H groups in total. The molecular formula is C10H9N2O. The zero-order chi connectivity index (χ0) is 9.26. The summed E-state index contributed by atoms with van der Waals surface area (Å²) < 4.78 is 1.45. The van der Waals surface area contributed by atoms with E-state index in [1.54, 1.807) is 6.92 Å². The predicted molar refractivity (Wildman–Crippen MR) is 48.8 cm³/mol. The first kappa shape index (κ1) is 7.86. The molecule has 2 aromatic rings. The first-order chi connectivity index (χ1) is 6.27. The van der Waals surface area contributed by atoms with Crippen molar-refractivity contribution in [2.24, 2.45) is 0 Å². The fourth-order valence-corrected chi connectivity index (χ4v) is 1.19. The average Bonchev–Trinajstić information content (AvgIpc) is 2.47. The van der Waals surface area contributed by atoms with Crippen LogP contribution in [-0.4, -0.2) is 14.9 Å².